The van der Waals surface area contributed by atoms with Gasteiger partial charge in [-0.25, -0.2) is 8.78 Å². The third kappa shape index (κ3) is 4.61. The van der Waals surface area contributed by atoms with Gasteiger partial charge in [-0.05, 0) is 36.8 Å². The number of benzene rings is 1. The Morgan fingerprint density at radius 3 is 2.62 bits per heavy atom. The van der Waals surface area contributed by atoms with E-state index in [1.54, 1.807) is 0 Å². The summed E-state index contributed by atoms with van der Waals surface area (Å²) in [6.45, 7) is 0. The second-order valence-corrected chi connectivity index (χ2v) is 4.44. The summed E-state index contributed by atoms with van der Waals surface area (Å²) in [4.78, 5) is 10.9. The average Bonchev–Trinajstić information content (AvgIpc) is 2.22. The summed E-state index contributed by atoms with van der Waals surface area (Å²) in [7, 11) is 0. The second kappa shape index (κ2) is 6.48. The Morgan fingerprint density at radius 1 is 1.25 bits per heavy atom. The number of aliphatic carboxylic acids is 1. The first-order valence-corrected chi connectivity index (χ1v) is 5.88. The zero-order valence-electron chi connectivity index (χ0n) is 8.58. The first-order chi connectivity index (χ1) is 7.59. The molecule has 0 amide bonds. The van der Waals surface area contributed by atoms with Gasteiger partial charge >= 0.3 is 5.97 Å². The maximum atomic E-state index is 12.8. The molecule has 0 spiro atoms. The van der Waals surface area contributed by atoms with E-state index in [4.69, 9.17) is 5.11 Å². The first kappa shape index (κ1) is 13.0. The molecule has 0 aliphatic heterocycles. The van der Waals surface area contributed by atoms with Gasteiger partial charge in [-0.1, -0.05) is 0 Å². The molecule has 0 unspecified atom stereocenters. The predicted octanol–water partition coefficient (Wildman–Crippen LogP) is 3.31. The summed E-state index contributed by atoms with van der Waals surface area (Å²) in [5, 5.41) is 8.40. The van der Waals surface area contributed by atoms with Crippen molar-refractivity contribution in [1.82, 2.24) is 0 Å². The molecule has 0 aliphatic rings. The van der Waals surface area contributed by atoms with Crippen LogP contribution in [0.4, 0.5) is 8.78 Å². The lowest BCUT2D eigenvalue weighted by Crippen LogP contribution is -1.94. The Bertz CT molecular complexity index is 369. The van der Waals surface area contributed by atoms with Crippen molar-refractivity contribution < 1.29 is 18.7 Å². The van der Waals surface area contributed by atoms with Crippen LogP contribution in [0, 0.1) is 11.6 Å². The molecule has 1 aromatic rings. The zero-order chi connectivity index (χ0) is 12.0. The fraction of sp³-hybridized carbons (Fsp3) is 0.364. The molecule has 2 nitrogen and oxygen atoms in total. The largest absolute Gasteiger partial charge is 0.481 e. The van der Waals surface area contributed by atoms with Crippen LogP contribution in [0.3, 0.4) is 0 Å². The summed E-state index contributed by atoms with van der Waals surface area (Å²) >= 11 is 1.40. The number of hydrogen-bond donors (Lipinski definition) is 1. The van der Waals surface area contributed by atoms with Crippen molar-refractivity contribution in [3.05, 3.63) is 29.8 Å². The van der Waals surface area contributed by atoms with Gasteiger partial charge in [0.05, 0.1) is 0 Å². The van der Waals surface area contributed by atoms with Crippen LogP contribution in [0.5, 0.6) is 0 Å². The third-order valence-electron chi connectivity index (χ3n) is 1.94. The van der Waals surface area contributed by atoms with Gasteiger partial charge in [-0.3, -0.25) is 4.79 Å². The van der Waals surface area contributed by atoms with Crippen LogP contribution in [0.1, 0.15) is 19.3 Å². The van der Waals surface area contributed by atoms with E-state index >= 15 is 0 Å². The maximum absolute atomic E-state index is 12.8. The molecule has 16 heavy (non-hydrogen) atoms. The minimum atomic E-state index is -0.852. The number of carbonyl (C=O) groups is 1. The predicted molar refractivity (Wildman–Crippen MR) is 58.6 cm³/mol. The Labute approximate surface area is 96.7 Å². The molecule has 0 saturated carbocycles. The van der Waals surface area contributed by atoms with E-state index in [0.29, 0.717) is 17.1 Å². The lowest BCUT2D eigenvalue weighted by atomic mass is 10.2. The van der Waals surface area contributed by atoms with Gasteiger partial charge in [0.1, 0.15) is 0 Å². The van der Waals surface area contributed by atoms with Crippen molar-refractivity contribution in [2.75, 3.05) is 5.75 Å². The molecule has 0 aliphatic carbocycles. The van der Waals surface area contributed by atoms with Crippen LogP contribution in [-0.4, -0.2) is 16.8 Å². The minimum Gasteiger partial charge on any atom is -0.481 e. The van der Waals surface area contributed by atoms with Gasteiger partial charge in [-0.2, -0.15) is 0 Å². The van der Waals surface area contributed by atoms with Crippen LogP contribution < -0.4 is 0 Å². The van der Waals surface area contributed by atoms with Gasteiger partial charge in [0.15, 0.2) is 11.6 Å². The quantitative estimate of drug-likeness (QED) is 0.618. The van der Waals surface area contributed by atoms with Crippen LogP contribution in [0.25, 0.3) is 0 Å². The van der Waals surface area contributed by atoms with Gasteiger partial charge in [-0.15, -0.1) is 11.8 Å². The molecule has 0 heterocycles. The van der Waals surface area contributed by atoms with E-state index in [1.165, 1.54) is 17.8 Å². The monoisotopic (exact) mass is 246 g/mol. The molecular weight excluding hydrogens is 234 g/mol. The standard InChI is InChI=1S/C11H12F2O2S/c12-9-5-4-8(7-10(9)13)16-6-2-1-3-11(14)15/h4-5,7H,1-3,6H2,(H,14,15). The van der Waals surface area contributed by atoms with E-state index in [1.807, 2.05) is 0 Å². The molecule has 88 valence electrons. The van der Waals surface area contributed by atoms with Crippen LogP contribution >= 0.6 is 11.8 Å². The van der Waals surface area contributed by atoms with Gasteiger partial charge in [0.2, 0.25) is 0 Å². The molecule has 0 atom stereocenters. The fourth-order valence-corrected chi connectivity index (χ4v) is 2.07. The van der Waals surface area contributed by atoms with E-state index in [0.717, 1.165) is 18.6 Å². The number of carboxylic acid groups (broad SMARTS) is 1. The maximum Gasteiger partial charge on any atom is 0.303 e. The van der Waals surface area contributed by atoms with Crippen molar-refractivity contribution in [2.24, 2.45) is 0 Å². The molecule has 0 saturated heterocycles. The molecule has 0 fully saturated rings. The summed E-state index contributed by atoms with van der Waals surface area (Å²) in [5.41, 5.74) is 0. The van der Waals surface area contributed by atoms with E-state index in [2.05, 4.69) is 0 Å². The fourth-order valence-electron chi connectivity index (χ4n) is 1.13. The highest BCUT2D eigenvalue weighted by Gasteiger charge is 2.03. The van der Waals surface area contributed by atoms with Gasteiger partial charge in [0, 0.05) is 11.3 Å². The third-order valence-corrected chi connectivity index (χ3v) is 3.02. The number of hydrogen-bond acceptors (Lipinski definition) is 2. The highest BCUT2D eigenvalue weighted by Crippen LogP contribution is 2.21. The Balaban J connectivity index is 2.27. The van der Waals surface area contributed by atoms with Crippen molar-refractivity contribution in [3.8, 4) is 0 Å². The van der Waals surface area contributed by atoms with E-state index in [-0.39, 0.29) is 6.42 Å². The van der Waals surface area contributed by atoms with E-state index < -0.39 is 17.6 Å². The normalized spacial score (nSPS) is 10.4. The topological polar surface area (TPSA) is 37.3 Å². The Hall–Kier alpha value is -1.10. The van der Waals surface area contributed by atoms with Crippen molar-refractivity contribution in [1.29, 1.82) is 0 Å². The van der Waals surface area contributed by atoms with Crippen LogP contribution in [0.2, 0.25) is 0 Å². The Morgan fingerprint density at radius 2 is 2.00 bits per heavy atom. The van der Waals surface area contributed by atoms with Crippen molar-refractivity contribution >= 4 is 17.7 Å². The lowest BCUT2D eigenvalue weighted by molar-refractivity contribution is -0.137. The number of thioether (sulfide) groups is 1. The Kier molecular flexibility index (Phi) is 5.25. The highest BCUT2D eigenvalue weighted by atomic mass is 32.2. The highest BCUT2D eigenvalue weighted by molar-refractivity contribution is 7.99. The second-order valence-electron chi connectivity index (χ2n) is 3.28. The van der Waals surface area contributed by atoms with Gasteiger partial charge < -0.3 is 5.11 Å². The number of unbranched alkanes of at least 4 members (excludes halogenated alkanes) is 1. The molecule has 5 heteroatoms. The summed E-state index contributed by atoms with van der Waals surface area (Å²) < 4.78 is 25.4. The van der Waals surface area contributed by atoms with E-state index in [9.17, 15) is 13.6 Å². The number of halogens is 2. The smallest absolute Gasteiger partial charge is 0.303 e. The molecule has 0 radical (unpaired) electrons. The average molecular weight is 246 g/mol. The minimum absolute atomic E-state index is 0.151. The number of rotatable bonds is 6. The lowest BCUT2D eigenvalue weighted by Gasteiger charge is -2.01. The molecule has 1 aromatic carbocycles. The molecule has 0 bridgehead atoms. The molecule has 1 rings (SSSR count). The zero-order valence-corrected chi connectivity index (χ0v) is 9.40. The van der Waals surface area contributed by atoms with Gasteiger partial charge in [0.25, 0.3) is 0 Å². The first-order valence-electron chi connectivity index (χ1n) is 4.89. The molecule has 1 N–H and O–H groups in total. The van der Waals surface area contributed by atoms with Crippen LogP contribution in [-0.2, 0) is 4.79 Å². The number of carboxylic acids is 1. The molecular formula is C11H12F2O2S. The SMILES string of the molecule is O=C(O)CCCCSc1ccc(F)c(F)c1. The van der Waals surface area contributed by atoms with Crippen molar-refractivity contribution in [3.63, 3.8) is 0 Å². The summed E-state index contributed by atoms with van der Waals surface area (Å²) in [6.07, 6.45) is 1.50. The molecule has 0 aromatic heterocycles. The summed E-state index contributed by atoms with van der Waals surface area (Å²) in [6, 6.07) is 3.76. The van der Waals surface area contributed by atoms with Crippen LogP contribution in [0.15, 0.2) is 23.1 Å². The van der Waals surface area contributed by atoms with Crippen molar-refractivity contribution in [2.45, 2.75) is 24.2 Å². The summed E-state index contributed by atoms with van der Waals surface area (Å²) in [5.74, 6) is -1.80.